The molecule has 3 heterocycles. The molecule has 6 rings (SSSR count). The highest BCUT2D eigenvalue weighted by molar-refractivity contribution is 6.04. The summed E-state index contributed by atoms with van der Waals surface area (Å²) in [4.78, 5) is 45.5. The fourth-order valence-electron chi connectivity index (χ4n) is 5.43. The summed E-state index contributed by atoms with van der Waals surface area (Å²) in [7, 11) is 0. The van der Waals surface area contributed by atoms with Crippen molar-refractivity contribution in [3.05, 3.63) is 89.2 Å². The molecule has 0 saturated carbocycles. The van der Waals surface area contributed by atoms with Gasteiger partial charge in [-0.1, -0.05) is 60.7 Å². The Morgan fingerprint density at radius 1 is 0.975 bits per heavy atom. The summed E-state index contributed by atoms with van der Waals surface area (Å²) in [5, 5.41) is 12.2. The third-order valence-corrected chi connectivity index (χ3v) is 7.43. The average molecular weight is 535 g/mol. The molecule has 0 bridgehead atoms. The SMILES string of the molecule is O=C(NCCn1nc(-c2ccccc2)c2ccccc2c1=O)[C@@H]1CCCN1C(=O)CCC1=[N+]c2ccccc2N1. The number of aliphatic imine (C=N–C) groups is 1. The molecule has 2 aliphatic heterocycles. The van der Waals surface area contributed by atoms with Crippen molar-refractivity contribution in [2.24, 2.45) is 0 Å². The number of fused-ring (bicyclic) bond motifs is 2. The maximum Gasteiger partial charge on any atom is 0.298 e. The van der Waals surface area contributed by atoms with Crippen molar-refractivity contribution in [2.75, 3.05) is 18.4 Å². The van der Waals surface area contributed by atoms with Gasteiger partial charge in [-0.25, -0.2) is 10.00 Å². The molecule has 1 fully saturated rings. The Bertz CT molecular complexity index is 1660. The number of aromatic nitrogens is 2. The summed E-state index contributed by atoms with van der Waals surface area (Å²) in [6, 6.07) is 24.4. The summed E-state index contributed by atoms with van der Waals surface area (Å²) < 4.78 is 1.41. The van der Waals surface area contributed by atoms with Crippen molar-refractivity contribution >= 4 is 39.8 Å². The molecule has 2 amide bonds. The molecule has 3 aromatic carbocycles. The normalized spacial score (nSPS) is 15.9. The van der Waals surface area contributed by atoms with Gasteiger partial charge in [0.1, 0.15) is 6.04 Å². The van der Waals surface area contributed by atoms with Crippen LogP contribution in [0.4, 0.5) is 11.4 Å². The van der Waals surface area contributed by atoms with Crippen molar-refractivity contribution in [3.63, 3.8) is 0 Å². The van der Waals surface area contributed by atoms with Crippen LogP contribution in [0.2, 0.25) is 0 Å². The molecule has 0 spiro atoms. The molecule has 2 aliphatic rings. The van der Waals surface area contributed by atoms with Gasteiger partial charge in [0, 0.05) is 30.5 Å². The Morgan fingerprint density at radius 2 is 1.73 bits per heavy atom. The summed E-state index contributed by atoms with van der Waals surface area (Å²) in [6.07, 6.45) is 2.16. The Kier molecular flexibility index (Phi) is 7.09. The quantitative estimate of drug-likeness (QED) is 0.360. The second kappa shape index (κ2) is 11.1. The van der Waals surface area contributed by atoms with Gasteiger partial charge in [0.25, 0.3) is 11.4 Å². The van der Waals surface area contributed by atoms with Crippen LogP contribution in [0.25, 0.3) is 22.0 Å². The highest BCUT2D eigenvalue weighted by atomic mass is 16.2. The van der Waals surface area contributed by atoms with Crippen LogP contribution in [0, 0.1) is 0 Å². The minimum Gasteiger partial charge on any atom is -0.352 e. The zero-order valence-corrected chi connectivity index (χ0v) is 22.0. The zero-order valence-electron chi connectivity index (χ0n) is 22.0. The Balaban J connectivity index is 1.08. The van der Waals surface area contributed by atoms with Crippen molar-refractivity contribution in [1.82, 2.24) is 25.0 Å². The van der Waals surface area contributed by atoms with Crippen LogP contribution >= 0.6 is 0 Å². The molecule has 1 saturated heterocycles. The lowest BCUT2D eigenvalue weighted by Crippen LogP contribution is -2.47. The van der Waals surface area contributed by atoms with Crippen LogP contribution in [0.15, 0.2) is 83.7 Å². The van der Waals surface area contributed by atoms with Crippen molar-refractivity contribution in [1.29, 1.82) is 0 Å². The molecule has 40 heavy (non-hydrogen) atoms. The first-order chi connectivity index (χ1) is 19.6. The largest absolute Gasteiger partial charge is 0.352 e. The highest BCUT2D eigenvalue weighted by Gasteiger charge is 2.34. The number of amidine groups is 1. The molecule has 1 atom stereocenters. The summed E-state index contributed by atoms with van der Waals surface area (Å²) >= 11 is 0. The standard InChI is InChI=1S/C31H30N6O3/c38-28(17-16-27-33-24-13-6-7-14-25(24)34-27)36-19-8-15-26(36)30(39)32-18-20-37-31(40)23-12-5-4-11-22(23)29(35-37)21-9-2-1-3-10-21/h1-7,9-14,26,33H,8,15-20H2,(H,32,39)/q+1/t26-/m0/s1. The summed E-state index contributed by atoms with van der Waals surface area (Å²) in [5.74, 6) is 0.502. The second-order valence-electron chi connectivity index (χ2n) is 10.0. The molecule has 4 aromatic rings. The number of nitrogens with one attached hydrogen (secondary N) is 2. The van der Waals surface area contributed by atoms with E-state index in [1.54, 1.807) is 11.0 Å². The topological polar surface area (TPSA) is 110 Å². The van der Waals surface area contributed by atoms with E-state index in [9.17, 15) is 14.4 Å². The van der Waals surface area contributed by atoms with E-state index < -0.39 is 6.04 Å². The first-order valence-electron chi connectivity index (χ1n) is 13.6. The van der Waals surface area contributed by atoms with Crippen molar-refractivity contribution in [2.45, 2.75) is 38.3 Å². The van der Waals surface area contributed by atoms with Crippen LogP contribution in [0.1, 0.15) is 25.7 Å². The smallest absolute Gasteiger partial charge is 0.298 e. The second-order valence-corrected chi connectivity index (χ2v) is 10.0. The number of benzene rings is 3. The molecule has 1 aromatic heterocycles. The molecule has 0 unspecified atom stereocenters. The number of hydrogen-bond acceptors (Lipinski definition) is 6. The van der Waals surface area contributed by atoms with Crippen LogP contribution < -0.4 is 21.2 Å². The van der Waals surface area contributed by atoms with Gasteiger partial charge in [-0.2, -0.15) is 5.10 Å². The lowest BCUT2D eigenvalue weighted by Gasteiger charge is -2.24. The van der Waals surface area contributed by atoms with E-state index in [-0.39, 0.29) is 36.9 Å². The van der Waals surface area contributed by atoms with Crippen LogP contribution in [-0.4, -0.2) is 51.5 Å². The molecule has 9 nitrogen and oxygen atoms in total. The molecule has 9 heteroatoms. The van der Waals surface area contributed by atoms with E-state index in [1.807, 2.05) is 72.8 Å². The average Bonchev–Trinajstić information content (AvgIpc) is 3.65. The Labute approximate surface area is 231 Å². The van der Waals surface area contributed by atoms with E-state index in [1.165, 1.54) is 4.68 Å². The molecular weight excluding hydrogens is 504 g/mol. The van der Waals surface area contributed by atoms with Gasteiger partial charge in [0.15, 0.2) is 5.69 Å². The van der Waals surface area contributed by atoms with Gasteiger partial charge < -0.3 is 10.2 Å². The predicted octanol–water partition coefficient (Wildman–Crippen LogP) is 3.44. The van der Waals surface area contributed by atoms with E-state index in [2.05, 4.69) is 20.7 Å². The van der Waals surface area contributed by atoms with Gasteiger partial charge in [-0.05, 0) is 36.0 Å². The third kappa shape index (κ3) is 5.10. The number of nitrogens with zero attached hydrogens (tertiary/aromatic N) is 4. The van der Waals surface area contributed by atoms with Gasteiger partial charge in [0.05, 0.1) is 24.0 Å². The Hall–Kier alpha value is -4.79. The maximum atomic E-state index is 13.2. The zero-order chi connectivity index (χ0) is 27.5. The third-order valence-electron chi connectivity index (χ3n) is 7.43. The molecule has 1 radical (unpaired) electrons. The van der Waals surface area contributed by atoms with Gasteiger partial charge >= 0.3 is 0 Å². The number of anilines is 1. The van der Waals surface area contributed by atoms with E-state index in [4.69, 9.17) is 0 Å². The predicted molar refractivity (Wildman–Crippen MR) is 155 cm³/mol. The number of para-hydroxylation sites is 2. The minimum atomic E-state index is -0.510. The molecular formula is C31H30N6O3+. The minimum absolute atomic E-state index is 0.0574. The monoisotopic (exact) mass is 534 g/mol. The molecule has 201 valence electrons. The van der Waals surface area contributed by atoms with Gasteiger partial charge in [-0.3, -0.25) is 14.4 Å². The van der Waals surface area contributed by atoms with Crippen LogP contribution in [0.5, 0.6) is 0 Å². The fourth-order valence-corrected chi connectivity index (χ4v) is 5.43. The lowest BCUT2D eigenvalue weighted by molar-refractivity contribution is -0.138. The van der Waals surface area contributed by atoms with Gasteiger partial charge in [-0.15, -0.1) is 0 Å². The number of rotatable bonds is 8. The van der Waals surface area contributed by atoms with Crippen LogP contribution in [0.3, 0.4) is 0 Å². The molecule has 2 N–H and O–H groups in total. The first-order valence-corrected chi connectivity index (χ1v) is 13.6. The fraction of sp³-hybridized carbons (Fsp3) is 0.258. The first kappa shape index (κ1) is 25.5. The van der Waals surface area contributed by atoms with E-state index in [0.29, 0.717) is 24.8 Å². The summed E-state index contributed by atoms with van der Waals surface area (Å²) in [5.41, 5.74) is 3.25. The van der Waals surface area contributed by atoms with Crippen molar-refractivity contribution < 1.29 is 9.59 Å². The number of carbonyl (C=O) groups excluding carboxylic acids is 2. The van der Waals surface area contributed by atoms with Gasteiger partial charge in [0.2, 0.25) is 17.5 Å². The van der Waals surface area contributed by atoms with Crippen LogP contribution in [-0.2, 0) is 16.1 Å². The number of likely N-dealkylation sites (tertiary alicyclic amines) is 1. The van der Waals surface area contributed by atoms with E-state index >= 15 is 0 Å². The number of amides is 2. The number of carbonyl (C=O) groups is 2. The molecule has 0 aliphatic carbocycles. The lowest BCUT2D eigenvalue weighted by atomic mass is 10.1. The Morgan fingerprint density at radius 3 is 2.55 bits per heavy atom. The summed E-state index contributed by atoms with van der Waals surface area (Å²) in [6.45, 7) is 1.01. The van der Waals surface area contributed by atoms with E-state index in [0.717, 1.165) is 40.3 Å². The number of hydrogen-bond donors (Lipinski definition) is 2. The van der Waals surface area contributed by atoms with Crippen molar-refractivity contribution in [3.8, 4) is 11.3 Å². The maximum absolute atomic E-state index is 13.2. The highest BCUT2D eigenvalue weighted by Crippen LogP contribution is 2.26.